The maximum atomic E-state index is 14.1. The van der Waals surface area contributed by atoms with E-state index < -0.39 is 0 Å². The van der Waals surface area contributed by atoms with Crippen LogP contribution in [0.15, 0.2) is 54.7 Å². The van der Waals surface area contributed by atoms with Crippen LogP contribution < -0.4 is 5.73 Å². The normalized spacial score (nSPS) is 12.6. The molecular formula is C17H15FN2. The average molecular weight is 266 g/mol. The van der Waals surface area contributed by atoms with Crippen molar-refractivity contribution >= 4 is 10.9 Å². The summed E-state index contributed by atoms with van der Waals surface area (Å²) in [6.07, 6.45) is 1.74. The van der Waals surface area contributed by atoms with Gasteiger partial charge >= 0.3 is 0 Å². The van der Waals surface area contributed by atoms with Crippen molar-refractivity contribution in [2.75, 3.05) is 0 Å². The Kier molecular flexibility index (Phi) is 3.20. The third-order valence-corrected chi connectivity index (χ3v) is 3.43. The van der Waals surface area contributed by atoms with Gasteiger partial charge in [0.2, 0.25) is 0 Å². The molecule has 2 N–H and O–H groups in total. The smallest absolute Gasteiger partial charge is 0.131 e. The first kappa shape index (κ1) is 12.8. The van der Waals surface area contributed by atoms with E-state index in [1.165, 1.54) is 6.07 Å². The Hall–Kier alpha value is -2.26. The number of pyridine rings is 1. The molecule has 2 nitrogen and oxygen atoms in total. The summed E-state index contributed by atoms with van der Waals surface area (Å²) in [5.41, 5.74) is 9.02. The highest BCUT2D eigenvalue weighted by Crippen LogP contribution is 2.28. The minimum Gasteiger partial charge on any atom is -0.324 e. The number of halogens is 1. The van der Waals surface area contributed by atoms with Crippen molar-refractivity contribution in [3.05, 3.63) is 66.1 Å². The third kappa shape index (κ3) is 2.28. The Morgan fingerprint density at radius 3 is 2.75 bits per heavy atom. The molecule has 0 spiro atoms. The predicted octanol–water partition coefficient (Wildman–Crippen LogP) is 4.06. The molecule has 1 atom stereocenters. The topological polar surface area (TPSA) is 38.9 Å². The highest BCUT2D eigenvalue weighted by Gasteiger charge is 2.09. The molecule has 0 bridgehead atoms. The fourth-order valence-corrected chi connectivity index (χ4v) is 2.28. The monoisotopic (exact) mass is 266 g/mol. The molecule has 0 amide bonds. The van der Waals surface area contributed by atoms with Crippen LogP contribution in [0.1, 0.15) is 18.5 Å². The Balaban J connectivity index is 2.17. The van der Waals surface area contributed by atoms with Crippen molar-refractivity contribution < 1.29 is 4.39 Å². The minimum absolute atomic E-state index is 0.118. The van der Waals surface area contributed by atoms with Gasteiger partial charge < -0.3 is 5.73 Å². The Labute approximate surface area is 117 Å². The molecule has 100 valence electrons. The number of aromatic nitrogens is 1. The van der Waals surface area contributed by atoms with Gasteiger partial charge in [0.25, 0.3) is 0 Å². The lowest BCUT2D eigenvalue weighted by molar-refractivity contribution is 0.629. The zero-order valence-electron chi connectivity index (χ0n) is 11.2. The van der Waals surface area contributed by atoms with Gasteiger partial charge in [0, 0.05) is 23.2 Å². The van der Waals surface area contributed by atoms with E-state index in [2.05, 4.69) is 4.98 Å². The number of fused-ring (bicyclic) bond motifs is 1. The Morgan fingerprint density at radius 1 is 1.10 bits per heavy atom. The molecule has 3 aromatic rings. The zero-order valence-corrected chi connectivity index (χ0v) is 11.2. The van der Waals surface area contributed by atoms with Gasteiger partial charge in [-0.1, -0.05) is 24.3 Å². The van der Waals surface area contributed by atoms with Crippen LogP contribution in [0.5, 0.6) is 0 Å². The van der Waals surface area contributed by atoms with Gasteiger partial charge in [-0.15, -0.1) is 0 Å². The van der Waals surface area contributed by atoms with Crippen molar-refractivity contribution in [3.63, 3.8) is 0 Å². The molecule has 0 aliphatic heterocycles. The highest BCUT2D eigenvalue weighted by atomic mass is 19.1. The SMILES string of the molecule is CC(N)c1ccc(F)c(-c2ccc3cccnc3c2)c1. The molecule has 0 saturated heterocycles. The number of nitrogens with two attached hydrogens (primary N) is 1. The lowest BCUT2D eigenvalue weighted by atomic mass is 9.99. The van der Waals surface area contributed by atoms with Crippen LogP contribution in [0.2, 0.25) is 0 Å². The summed E-state index contributed by atoms with van der Waals surface area (Å²) >= 11 is 0. The van der Waals surface area contributed by atoms with Crippen LogP contribution in [0, 0.1) is 5.82 Å². The molecule has 1 unspecified atom stereocenters. The van der Waals surface area contributed by atoms with E-state index >= 15 is 0 Å². The van der Waals surface area contributed by atoms with Crippen LogP contribution in [-0.4, -0.2) is 4.98 Å². The van der Waals surface area contributed by atoms with Gasteiger partial charge in [-0.05, 0) is 42.3 Å². The van der Waals surface area contributed by atoms with Crippen LogP contribution >= 0.6 is 0 Å². The van der Waals surface area contributed by atoms with Gasteiger partial charge in [0.05, 0.1) is 5.52 Å². The summed E-state index contributed by atoms with van der Waals surface area (Å²) in [4.78, 5) is 4.31. The lowest BCUT2D eigenvalue weighted by Gasteiger charge is -2.10. The van der Waals surface area contributed by atoms with Gasteiger partial charge in [-0.3, -0.25) is 4.98 Å². The minimum atomic E-state index is -0.246. The number of hydrogen-bond donors (Lipinski definition) is 1. The van der Waals surface area contributed by atoms with Crippen molar-refractivity contribution in [2.45, 2.75) is 13.0 Å². The second-order valence-electron chi connectivity index (χ2n) is 4.94. The number of hydrogen-bond acceptors (Lipinski definition) is 2. The summed E-state index contributed by atoms with van der Waals surface area (Å²) in [6, 6.07) is 14.5. The second kappa shape index (κ2) is 5.02. The standard InChI is InChI=1S/C17H15FN2/c1-11(19)13-6-7-16(18)15(9-13)14-5-4-12-3-2-8-20-17(12)10-14/h2-11H,19H2,1H3. The second-order valence-corrected chi connectivity index (χ2v) is 4.94. The maximum Gasteiger partial charge on any atom is 0.131 e. The molecule has 1 heterocycles. The summed E-state index contributed by atoms with van der Waals surface area (Å²) in [7, 11) is 0. The number of benzene rings is 2. The number of rotatable bonds is 2. The predicted molar refractivity (Wildman–Crippen MR) is 79.7 cm³/mol. The summed E-state index contributed by atoms with van der Waals surface area (Å²) in [6.45, 7) is 1.89. The molecule has 20 heavy (non-hydrogen) atoms. The lowest BCUT2D eigenvalue weighted by Crippen LogP contribution is -2.05. The first-order chi connectivity index (χ1) is 9.65. The van der Waals surface area contributed by atoms with E-state index in [-0.39, 0.29) is 11.9 Å². The zero-order chi connectivity index (χ0) is 14.1. The summed E-state index contributed by atoms with van der Waals surface area (Å²) in [5, 5.41) is 1.04. The Bertz CT molecular complexity index is 766. The summed E-state index contributed by atoms with van der Waals surface area (Å²) < 4.78 is 14.1. The van der Waals surface area contributed by atoms with Crippen LogP contribution in [0.4, 0.5) is 4.39 Å². The van der Waals surface area contributed by atoms with Crippen molar-refractivity contribution in [3.8, 4) is 11.1 Å². The fraction of sp³-hybridized carbons (Fsp3) is 0.118. The fourth-order valence-electron chi connectivity index (χ4n) is 2.28. The van der Waals surface area contributed by atoms with Crippen LogP contribution in [0.25, 0.3) is 22.0 Å². The summed E-state index contributed by atoms with van der Waals surface area (Å²) in [5.74, 6) is -0.246. The van der Waals surface area contributed by atoms with Gasteiger partial charge in [0.15, 0.2) is 0 Å². The van der Waals surface area contributed by atoms with E-state index in [4.69, 9.17) is 5.73 Å². The van der Waals surface area contributed by atoms with E-state index in [1.54, 1.807) is 12.3 Å². The molecule has 0 aliphatic rings. The molecule has 0 fully saturated rings. The number of nitrogens with zero attached hydrogens (tertiary/aromatic N) is 1. The van der Waals surface area contributed by atoms with E-state index in [0.29, 0.717) is 5.56 Å². The van der Waals surface area contributed by atoms with Crippen molar-refractivity contribution in [1.29, 1.82) is 0 Å². The quantitative estimate of drug-likeness (QED) is 0.759. The largest absolute Gasteiger partial charge is 0.324 e. The van der Waals surface area contributed by atoms with Gasteiger partial charge in [-0.2, -0.15) is 0 Å². The van der Waals surface area contributed by atoms with Crippen LogP contribution in [-0.2, 0) is 0 Å². The molecule has 1 aromatic heterocycles. The third-order valence-electron chi connectivity index (χ3n) is 3.43. The van der Waals surface area contributed by atoms with Crippen molar-refractivity contribution in [1.82, 2.24) is 4.98 Å². The molecule has 0 saturated carbocycles. The molecule has 0 radical (unpaired) electrons. The van der Waals surface area contributed by atoms with Crippen molar-refractivity contribution in [2.24, 2.45) is 5.73 Å². The first-order valence-corrected chi connectivity index (χ1v) is 6.55. The van der Waals surface area contributed by atoms with E-state index in [9.17, 15) is 4.39 Å². The average Bonchev–Trinajstić information content (AvgIpc) is 2.47. The van der Waals surface area contributed by atoms with E-state index in [1.807, 2.05) is 43.3 Å². The first-order valence-electron chi connectivity index (χ1n) is 6.55. The molecule has 2 aromatic carbocycles. The van der Waals surface area contributed by atoms with Crippen LogP contribution in [0.3, 0.4) is 0 Å². The van der Waals surface area contributed by atoms with Gasteiger partial charge in [-0.25, -0.2) is 4.39 Å². The highest BCUT2D eigenvalue weighted by molar-refractivity contribution is 5.84. The Morgan fingerprint density at radius 2 is 1.95 bits per heavy atom. The van der Waals surface area contributed by atoms with E-state index in [0.717, 1.165) is 22.0 Å². The van der Waals surface area contributed by atoms with Gasteiger partial charge in [0.1, 0.15) is 5.82 Å². The maximum absolute atomic E-state index is 14.1. The molecule has 3 rings (SSSR count). The molecule has 3 heteroatoms. The molecular weight excluding hydrogens is 251 g/mol. The molecule has 0 aliphatic carbocycles.